The highest BCUT2D eigenvalue weighted by molar-refractivity contribution is 9.10. The lowest BCUT2D eigenvalue weighted by molar-refractivity contribution is -0.138. The number of aliphatic carboxylic acids is 1. The van der Waals surface area contributed by atoms with Crippen molar-refractivity contribution in [3.8, 4) is 0 Å². The van der Waals surface area contributed by atoms with Gasteiger partial charge in [-0.1, -0.05) is 27.5 Å². The molecule has 0 spiro atoms. The van der Waals surface area contributed by atoms with E-state index in [0.29, 0.717) is 16.1 Å². The highest BCUT2D eigenvalue weighted by Crippen LogP contribution is 2.38. The Hall–Kier alpha value is -0.870. The molecule has 5 heteroatoms. The Labute approximate surface area is 99.2 Å². The Morgan fingerprint density at radius 1 is 1.47 bits per heavy atom. The average molecular weight is 290 g/mol. The summed E-state index contributed by atoms with van der Waals surface area (Å²) in [5.74, 6) is -2.06. The summed E-state index contributed by atoms with van der Waals surface area (Å²) in [4.78, 5) is 22.0. The van der Waals surface area contributed by atoms with E-state index in [1.54, 1.807) is 12.1 Å². The van der Waals surface area contributed by atoms with Gasteiger partial charge in [-0.15, -0.1) is 0 Å². The van der Waals surface area contributed by atoms with Gasteiger partial charge in [-0.05, 0) is 23.8 Å². The second-order valence-corrected chi connectivity index (χ2v) is 4.74. The zero-order valence-corrected chi connectivity index (χ0v) is 9.75. The van der Waals surface area contributed by atoms with Crippen molar-refractivity contribution in [2.24, 2.45) is 0 Å². The molecule has 1 aromatic rings. The van der Waals surface area contributed by atoms with Crippen LogP contribution in [0.15, 0.2) is 18.2 Å². The summed E-state index contributed by atoms with van der Waals surface area (Å²) in [5.41, 5.74) is 0.926. The molecule has 2 unspecified atom stereocenters. The monoisotopic (exact) mass is 288 g/mol. The predicted molar refractivity (Wildman–Crippen MR) is 58.9 cm³/mol. The van der Waals surface area contributed by atoms with Gasteiger partial charge in [0.05, 0.1) is 4.83 Å². The number of carboxylic acid groups (broad SMARTS) is 1. The number of halogens is 2. The molecule has 0 heterocycles. The van der Waals surface area contributed by atoms with Gasteiger partial charge in [-0.25, -0.2) is 0 Å². The number of carbonyl (C=O) groups is 2. The van der Waals surface area contributed by atoms with Crippen LogP contribution in [-0.2, 0) is 4.79 Å². The zero-order valence-electron chi connectivity index (χ0n) is 7.41. The van der Waals surface area contributed by atoms with Gasteiger partial charge in [0.1, 0.15) is 5.92 Å². The summed E-state index contributed by atoms with van der Waals surface area (Å²) in [6.07, 6.45) is 0. The molecule has 0 fully saturated rings. The number of carboxylic acids is 1. The van der Waals surface area contributed by atoms with Crippen molar-refractivity contribution >= 4 is 39.3 Å². The molecule has 0 saturated heterocycles. The Balaban J connectivity index is 2.61. The lowest BCUT2D eigenvalue weighted by Crippen LogP contribution is -2.20. The summed E-state index contributed by atoms with van der Waals surface area (Å²) in [5, 5.41) is 9.45. The van der Waals surface area contributed by atoms with Crippen LogP contribution in [0.5, 0.6) is 0 Å². The molecule has 0 bridgehead atoms. The van der Waals surface area contributed by atoms with E-state index in [0.717, 1.165) is 0 Å². The molecule has 2 atom stereocenters. The maximum atomic E-state index is 11.7. The van der Waals surface area contributed by atoms with E-state index in [-0.39, 0.29) is 5.78 Å². The van der Waals surface area contributed by atoms with E-state index < -0.39 is 16.7 Å². The van der Waals surface area contributed by atoms with Crippen LogP contribution in [0, 0.1) is 0 Å². The number of Topliss-reactive ketones (excluding diaryl/α,β-unsaturated/α-hetero) is 1. The quantitative estimate of drug-likeness (QED) is 0.808. The first-order valence-electron chi connectivity index (χ1n) is 4.23. The van der Waals surface area contributed by atoms with Gasteiger partial charge >= 0.3 is 5.97 Å². The number of fused-ring (bicyclic) bond motifs is 1. The van der Waals surface area contributed by atoms with Crippen LogP contribution >= 0.6 is 27.5 Å². The first-order valence-corrected chi connectivity index (χ1v) is 5.52. The Morgan fingerprint density at radius 2 is 2.13 bits per heavy atom. The third-order valence-electron chi connectivity index (χ3n) is 2.42. The number of benzene rings is 1. The molecule has 15 heavy (non-hydrogen) atoms. The molecule has 0 radical (unpaired) electrons. The number of alkyl halides is 1. The van der Waals surface area contributed by atoms with Crippen LogP contribution in [0.1, 0.15) is 21.8 Å². The summed E-state index contributed by atoms with van der Waals surface area (Å²) in [6, 6.07) is 4.69. The standard InChI is InChI=1S/C10H6BrClO3/c11-8-7(10(14)15)6-3-4(12)1-2-5(6)9(8)13/h1-3,7-8H,(H,14,15). The van der Waals surface area contributed by atoms with E-state index in [9.17, 15) is 9.59 Å². The fraction of sp³-hybridized carbons (Fsp3) is 0.200. The summed E-state index contributed by atoms with van der Waals surface area (Å²) < 4.78 is 0. The molecular formula is C10H6BrClO3. The van der Waals surface area contributed by atoms with E-state index in [1.165, 1.54) is 6.07 Å². The molecule has 0 aliphatic heterocycles. The minimum absolute atomic E-state index is 0.200. The molecule has 0 amide bonds. The highest BCUT2D eigenvalue weighted by Gasteiger charge is 2.42. The third kappa shape index (κ3) is 1.58. The predicted octanol–water partition coefficient (Wildman–Crippen LogP) is 2.47. The average Bonchev–Trinajstić information content (AvgIpc) is 2.39. The second-order valence-electron chi connectivity index (χ2n) is 3.31. The van der Waals surface area contributed by atoms with Crippen LogP contribution in [0.25, 0.3) is 0 Å². The minimum atomic E-state index is -1.02. The van der Waals surface area contributed by atoms with Gasteiger partial charge in [-0.2, -0.15) is 0 Å². The number of ketones is 1. The lowest BCUT2D eigenvalue weighted by Gasteiger charge is -2.07. The zero-order chi connectivity index (χ0) is 11.2. The second kappa shape index (κ2) is 3.61. The van der Waals surface area contributed by atoms with E-state index in [1.807, 2.05) is 0 Å². The maximum Gasteiger partial charge on any atom is 0.312 e. The van der Waals surface area contributed by atoms with Crippen LogP contribution < -0.4 is 0 Å². The highest BCUT2D eigenvalue weighted by atomic mass is 79.9. The summed E-state index contributed by atoms with van der Waals surface area (Å²) in [6.45, 7) is 0. The van der Waals surface area contributed by atoms with Crippen molar-refractivity contribution in [2.45, 2.75) is 10.7 Å². The molecule has 78 valence electrons. The first-order chi connectivity index (χ1) is 7.02. The summed E-state index contributed by atoms with van der Waals surface area (Å²) in [7, 11) is 0. The smallest absolute Gasteiger partial charge is 0.312 e. The number of hydrogen-bond acceptors (Lipinski definition) is 2. The molecule has 1 aliphatic carbocycles. The first kappa shape index (κ1) is 10.6. The molecule has 0 saturated carbocycles. The largest absolute Gasteiger partial charge is 0.481 e. The van der Waals surface area contributed by atoms with Crippen molar-refractivity contribution < 1.29 is 14.7 Å². The van der Waals surface area contributed by atoms with Gasteiger partial charge in [0.15, 0.2) is 5.78 Å². The number of rotatable bonds is 1. The molecule has 0 aromatic heterocycles. The van der Waals surface area contributed by atoms with Crippen LogP contribution in [0.2, 0.25) is 5.02 Å². The maximum absolute atomic E-state index is 11.7. The fourth-order valence-corrected chi connectivity index (χ4v) is 2.67. The summed E-state index contributed by atoms with van der Waals surface area (Å²) >= 11 is 8.87. The van der Waals surface area contributed by atoms with Gasteiger partial charge in [-0.3, -0.25) is 9.59 Å². The fourth-order valence-electron chi connectivity index (χ4n) is 1.73. The number of hydrogen-bond donors (Lipinski definition) is 1. The van der Waals surface area contributed by atoms with Crippen molar-refractivity contribution in [1.82, 2.24) is 0 Å². The van der Waals surface area contributed by atoms with E-state index in [2.05, 4.69) is 15.9 Å². The van der Waals surface area contributed by atoms with Crippen molar-refractivity contribution in [1.29, 1.82) is 0 Å². The lowest BCUT2D eigenvalue weighted by atomic mass is 10.0. The Morgan fingerprint density at radius 3 is 2.73 bits per heavy atom. The molecule has 1 aromatic carbocycles. The third-order valence-corrected chi connectivity index (χ3v) is 3.60. The Kier molecular flexibility index (Phi) is 2.56. The minimum Gasteiger partial charge on any atom is -0.481 e. The van der Waals surface area contributed by atoms with Crippen molar-refractivity contribution in [2.75, 3.05) is 0 Å². The molecular weight excluding hydrogens is 283 g/mol. The van der Waals surface area contributed by atoms with Gasteiger partial charge in [0.2, 0.25) is 0 Å². The van der Waals surface area contributed by atoms with E-state index >= 15 is 0 Å². The molecule has 2 rings (SSSR count). The van der Waals surface area contributed by atoms with Crippen LogP contribution in [-0.4, -0.2) is 21.7 Å². The molecule has 1 N–H and O–H groups in total. The SMILES string of the molecule is O=C1c2ccc(Cl)cc2C(C(=O)O)C1Br. The van der Waals surface area contributed by atoms with Gasteiger partial charge in [0, 0.05) is 10.6 Å². The van der Waals surface area contributed by atoms with Crippen LogP contribution in [0.3, 0.4) is 0 Å². The topological polar surface area (TPSA) is 54.4 Å². The number of carbonyl (C=O) groups excluding carboxylic acids is 1. The van der Waals surface area contributed by atoms with Gasteiger partial charge in [0.25, 0.3) is 0 Å². The molecule has 1 aliphatic rings. The van der Waals surface area contributed by atoms with Crippen molar-refractivity contribution in [3.05, 3.63) is 34.3 Å². The van der Waals surface area contributed by atoms with Crippen molar-refractivity contribution in [3.63, 3.8) is 0 Å². The van der Waals surface area contributed by atoms with Crippen LogP contribution in [0.4, 0.5) is 0 Å². The Bertz CT molecular complexity index is 458. The molecule has 3 nitrogen and oxygen atoms in total. The van der Waals surface area contributed by atoms with Gasteiger partial charge < -0.3 is 5.11 Å². The van der Waals surface area contributed by atoms with E-state index in [4.69, 9.17) is 16.7 Å². The normalized spacial score (nSPS) is 24.0.